The molecule has 0 fully saturated rings. The highest BCUT2D eigenvalue weighted by molar-refractivity contribution is 5.81. The first-order chi connectivity index (χ1) is 11.6. The Morgan fingerprint density at radius 2 is 1.92 bits per heavy atom. The lowest BCUT2D eigenvalue weighted by atomic mass is 10.1. The Balaban J connectivity index is 1.89. The van der Waals surface area contributed by atoms with Gasteiger partial charge in [0.2, 0.25) is 0 Å². The third kappa shape index (κ3) is 3.12. The number of nitro groups is 1. The Morgan fingerprint density at radius 3 is 2.67 bits per heavy atom. The van der Waals surface area contributed by atoms with E-state index in [1.807, 2.05) is 13.0 Å². The normalized spacial score (nSPS) is 10.7. The van der Waals surface area contributed by atoms with E-state index in [0.717, 1.165) is 17.4 Å². The van der Waals surface area contributed by atoms with E-state index in [4.69, 9.17) is 9.15 Å². The van der Waals surface area contributed by atoms with Gasteiger partial charge in [-0.2, -0.15) is 0 Å². The number of ether oxygens (including phenoxy) is 1. The number of hydrogen-bond acceptors (Lipinski definition) is 5. The SMILES string of the molecule is CCc1cc(=O)oc2cc(OCc3ccccc3[N+](=O)[O-])ccc12. The lowest BCUT2D eigenvalue weighted by Crippen LogP contribution is -2.02. The van der Waals surface area contributed by atoms with Crippen LogP contribution in [0.25, 0.3) is 11.0 Å². The molecule has 0 aliphatic heterocycles. The molecule has 2 aromatic carbocycles. The van der Waals surface area contributed by atoms with Crippen LogP contribution in [-0.4, -0.2) is 4.92 Å². The molecule has 0 N–H and O–H groups in total. The lowest BCUT2D eigenvalue weighted by molar-refractivity contribution is -0.385. The van der Waals surface area contributed by atoms with Crippen LogP contribution in [0.15, 0.2) is 57.7 Å². The van der Waals surface area contributed by atoms with Gasteiger partial charge in [0.25, 0.3) is 5.69 Å². The molecule has 6 nitrogen and oxygen atoms in total. The molecule has 6 heteroatoms. The van der Waals surface area contributed by atoms with E-state index >= 15 is 0 Å². The van der Waals surface area contributed by atoms with Crippen LogP contribution in [-0.2, 0) is 13.0 Å². The zero-order chi connectivity index (χ0) is 17.1. The molecule has 0 unspecified atom stereocenters. The van der Waals surface area contributed by atoms with Gasteiger partial charge >= 0.3 is 5.63 Å². The molecule has 0 atom stereocenters. The monoisotopic (exact) mass is 325 g/mol. The third-order valence-corrected chi connectivity index (χ3v) is 3.77. The maximum atomic E-state index is 11.6. The molecule has 0 aliphatic carbocycles. The van der Waals surface area contributed by atoms with Crippen LogP contribution in [0, 0.1) is 10.1 Å². The van der Waals surface area contributed by atoms with Crippen molar-refractivity contribution in [2.75, 3.05) is 0 Å². The van der Waals surface area contributed by atoms with Gasteiger partial charge in [0, 0.05) is 23.6 Å². The maximum absolute atomic E-state index is 11.6. The van der Waals surface area contributed by atoms with Crippen molar-refractivity contribution in [3.8, 4) is 5.75 Å². The summed E-state index contributed by atoms with van der Waals surface area (Å²) in [7, 11) is 0. The van der Waals surface area contributed by atoms with Gasteiger partial charge in [-0.15, -0.1) is 0 Å². The van der Waals surface area contributed by atoms with Crippen LogP contribution in [0.3, 0.4) is 0 Å². The van der Waals surface area contributed by atoms with Crippen LogP contribution in [0.2, 0.25) is 0 Å². The fourth-order valence-corrected chi connectivity index (χ4v) is 2.56. The molecular formula is C18H15NO5. The van der Waals surface area contributed by atoms with Crippen molar-refractivity contribution in [1.29, 1.82) is 0 Å². The molecule has 24 heavy (non-hydrogen) atoms. The van der Waals surface area contributed by atoms with Gasteiger partial charge in [0.1, 0.15) is 17.9 Å². The van der Waals surface area contributed by atoms with Crippen LogP contribution in [0.5, 0.6) is 5.75 Å². The molecule has 3 rings (SSSR count). The summed E-state index contributed by atoms with van der Waals surface area (Å²) in [6, 6.07) is 13.1. The van der Waals surface area contributed by atoms with Gasteiger partial charge in [-0.1, -0.05) is 19.1 Å². The summed E-state index contributed by atoms with van der Waals surface area (Å²) < 4.78 is 10.9. The molecule has 122 valence electrons. The van der Waals surface area contributed by atoms with Crippen molar-refractivity contribution in [3.63, 3.8) is 0 Å². The van der Waals surface area contributed by atoms with E-state index < -0.39 is 10.5 Å². The zero-order valence-corrected chi connectivity index (χ0v) is 13.0. The summed E-state index contributed by atoms with van der Waals surface area (Å²) in [5.41, 5.74) is 1.44. The van der Waals surface area contributed by atoms with E-state index in [1.54, 1.807) is 30.3 Å². The summed E-state index contributed by atoms with van der Waals surface area (Å²) in [6.45, 7) is 2.02. The first-order valence-electron chi connectivity index (χ1n) is 7.50. The molecule has 0 radical (unpaired) electrons. The van der Waals surface area contributed by atoms with Crippen LogP contribution in [0.4, 0.5) is 5.69 Å². The van der Waals surface area contributed by atoms with Gasteiger partial charge in [0.15, 0.2) is 0 Å². The number of aryl methyl sites for hydroxylation is 1. The first kappa shape index (κ1) is 15.7. The number of fused-ring (bicyclic) bond motifs is 1. The Labute approximate surface area is 137 Å². The van der Waals surface area contributed by atoms with Crippen LogP contribution in [0.1, 0.15) is 18.1 Å². The number of nitrogens with zero attached hydrogens (tertiary/aromatic N) is 1. The molecule has 0 saturated heterocycles. The summed E-state index contributed by atoms with van der Waals surface area (Å²) >= 11 is 0. The van der Waals surface area contributed by atoms with E-state index in [1.165, 1.54) is 12.1 Å². The second-order valence-corrected chi connectivity index (χ2v) is 5.28. The largest absolute Gasteiger partial charge is 0.489 e. The Kier molecular flexibility index (Phi) is 4.29. The highest BCUT2D eigenvalue weighted by Crippen LogP contribution is 2.25. The molecule has 3 aromatic rings. The molecule has 1 aromatic heterocycles. The summed E-state index contributed by atoms with van der Waals surface area (Å²) in [6.07, 6.45) is 0.721. The highest BCUT2D eigenvalue weighted by atomic mass is 16.6. The highest BCUT2D eigenvalue weighted by Gasteiger charge is 2.13. The Hall–Kier alpha value is -3.15. The van der Waals surface area contributed by atoms with Crippen molar-refractivity contribution in [2.45, 2.75) is 20.0 Å². The summed E-state index contributed by atoms with van der Waals surface area (Å²) in [5, 5.41) is 11.9. The minimum absolute atomic E-state index is 0.0121. The summed E-state index contributed by atoms with van der Waals surface area (Å²) in [4.78, 5) is 22.2. The van der Waals surface area contributed by atoms with Gasteiger partial charge in [-0.3, -0.25) is 10.1 Å². The van der Waals surface area contributed by atoms with Crippen molar-refractivity contribution >= 4 is 16.7 Å². The Bertz CT molecular complexity index is 961. The van der Waals surface area contributed by atoms with E-state index in [-0.39, 0.29) is 12.3 Å². The quantitative estimate of drug-likeness (QED) is 0.404. The van der Waals surface area contributed by atoms with E-state index in [0.29, 0.717) is 16.9 Å². The minimum atomic E-state index is -0.439. The molecule has 0 aliphatic rings. The average molecular weight is 325 g/mol. The van der Waals surface area contributed by atoms with Crippen LogP contribution >= 0.6 is 0 Å². The van der Waals surface area contributed by atoms with E-state index in [2.05, 4.69) is 0 Å². The first-order valence-corrected chi connectivity index (χ1v) is 7.50. The number of nitro benzene ring substituents is 1. The fraction of sp³-hybridized carbons (Fsp3) is 0.167. The molecular weight excluding hydrogens is 310 g/mol. The van der Waals surface area contributed by atoms with Crippen molar-refractivity contribution in [3.05, 3.63) is 80.2 Å². The molecule has 0 bridgehead atoms. The van der Waals surface area contributed by atoms with Gasteiger partial charge < -0.3 is 9.15 Å². The standard InChI is InChI=1S/C18H15NO5/c1-2-12-9-18(20)24-17-10-14(7-8-15(12)17)23-11-13-5-3-4-6-16(13)19(21)22/h3-10H,2,11H2,1H3. The fourth-order valence-electron chi connectivity index (χ4n) is 2.56. The zero-order valence-electron chi connectivity index (χ0n) is 13.0. The second kappa shape index (κ2) is 6.54. The molecule has 1 heterocycles. The third-order valence-electron chi connectivity index (χ3n) is 3.77. The number of rotatable bonds is 5. The van der Waals surface area contributed by atoms with E-state index in [9.17, 15) is 14.9 Å². The molecule has 0 amide bonds. The molecule has 0 saturated carbocycles. The smallest absolute Gasteiger partial charge is 0.336 e. The van der Waals surface area contributed by atoms with Gasteiger partial charge in [0.05, 0.1) is 10.5 Å². The van der Waals surface area contributed by atoms with Crippen LogP contribution < -0.4 is 10.4 Å². The maximum Gasteiger partial charge on any atom is 0.336 e. The molecule has 0 spiro atoms. The second-order valence-electron chi connectivity index (χ2n) is 5.28. The number of benzene rings is 2. The van der Waals surface area contributed by atoms with Crippen molar-refractivity contribution in [1.82, 2.24) is 0 Å². The minimum Gasteiger partial charge on any atom is -0.489 e. The number of para-hydroxylation sites is 1. The van der Waals surface area contributed by atoms with Crippen molar-refractivity contribution in [2.24, 2.45) is 0 Å². The number of hydrogen-bond donors (Lipinski definition) is 0. The Morgan fingerprint density at radius 1 is 1.12 bits per heavy atom. The van der Waals surface area contributed by atoms with Gasteiger partial charge in [-0.05, 0) is 30.2 Å². The topological polar surface area (TPSA) is 82.6 Å². The predicted octanol–water partition coefficient (Wildman–Crippen LogP) is 3.84. The predicted molar refractivity (Wildman–Crippen MR) is 89.3 cm³/mol. The van der Waals surface area contributed by atoms with Crippen molar-refractivity contribution < 1.29 is 14.1 Å². The average Bonchev–Trinajstić information content (AvgIpc) is 2.58. The lowest BCUT2D eigenvalue weighted by Gasteiger charge is -2.08. The summed E-state index contributed by atoms with van der Waals surface area (Å²) in [5.74, 6) is 0.483. The van der Waals surface area contributed by atoms with Gasteiger partial charge in [-0.25, -0.2) is 4.79 Å².